The lowest BCUT2D eigenvalue weighted by Crippen LogP contribution is -2.40. The van der Waals surface area contributed by atoms with Crippen LogP contribution in [0.1, 0.15) is 36.0 Å². The Hall–Kier alpha value is -1.18. The minimum atomic E-state index is -0.339. The Labute approximate surface area is 137 Å². The molecular formula is C15H18FIN2O2. The molecule has 0 saturated carbocycles. The Kier molecular flexibility index (Phi) is 5.55. The predicted molar refractivity (Wildman–Crippen MR) is 86.2 cm³/mol. The van der Waals surface area contributed by atoms with E-state index in [0.717, 1.165) is 19.3 Å². The second-order valence-corrected chi connectivity index (χ2v) is 6.55. The van der Waals surface area contributed by atoms with Gasteiger partial charge in [0.25, 0.3) is 5.91 Å². The van der Waals surface area contributed by atoms with E-state index in [2.05, 4.69) is 0 Å². The molecule has 1 aromatic carbocycles. The molecule has 0 radical (unpaired) electrons. The van der Waals surface area contributed by atoms with E-state index in [1.165, 1.54) is 18.2 Å². The fraction of sp³-hybridized carbons (Fsp3) is 0.467. The van der Waals surface area contributed by atoms with E-state index in [0.29, 0.717) is 34.6 Å². The van der Waals surface area contributed by atoms with Crippen LogP contribution >= 0.6 is 22.6 Å². The highest BCUT2D eigenvalue weighted by molar-refractivity contribution is 14.1. The molecule has 2 amide bonds. The third-order valence-electron chi connectivity index (χ3n) is 3.77. The van der Waals surface area contributed by atoms with E-state index in [1.807, 2.05) is 22.6 Å². The average Bonchev–Trinajstić information content (AvgIpc) is 2.45. The van der Waals surface area contributed by atoms with Crippen molar-refractivity contribution in [2.75, 3.05) is 13.1 Å². The van der Waals surface area contributed by atoms with Gasteiger partial charge in [0.2, 0.25) is 5.91 Å². The van der Waals surface area contributed by atoms with Crippen molar-refractivity contribution in [1.82, 2.24) is 4.90 Å². The fourth-order valence-corrected chi connectivity index (χ4v) is 3.37. The zero-order valence-electron chi connectivity index (χ0n) is 11.6. The first kappa shape index (κ1) is 16.2. The number of carbonyl (C=O) groups excluding carboxylic acids is 2. The number of amides is 2. The molecule has 21 heavy (non-hydrogen) atoms. The van der Waals surface area contributed by atoms with E-state index in [9.17, 15) is 14.0 Å². The van der Waals surface area contributed by atoms with Crippen LogP contribution in [0, 0.1) is 15.3 Å². The van der Waals surface area contributed by atoms with Gasteiger partial charge in [0.15, 0.2) is 0 Å². The molecule has 0 aliphatic carbocycles. The summed E-state index contributed by atoms with van der Waals surface area (Å²) in [5.74, 6) is -0.392. The van der Waals surface area contributed by atoms with Crippen molar-refractivity contribution in [2.45, 2.75) is 25.7 Å². The monoisotopic (exact) mass is 404 g/mol. The first-order valence-corrected chi connectivity index (χ1v) is 8.08. The average molecular weight is 404 g/mol. The van der Waals surface area contributed by atoms with Gasteiger partial charge in [0, 0.05) is 23.1 Å². The van der Waals surface area contributed by atoms with Crippen molar-refractivity contribution < 1.29 is 14.0 Å². The second-order valence-electron chi connectivity index (χ2n) is 5.39. The zero-order chi connectivity index (χ0) is 15.4. The van der Waals surface area contributed by atoms with Gasteiger partial charge in [-0.05, 0) is 66.0 Å². The van der Waals surface area contributed by atoms with Crippen LogP contribution in [0.3, 0.4) is 0 Å². The second kappa shape index (κ2) is 7.20. The maximum absolute atomic E-state index is 13.1. The molecule has 1 aromatic rings. The van der Waals surface area contributed by atoms with E-state index >= 15 is 0 Å². The summed E-state index contributed by atoms with van der Waals surface area (Å²) >= 11 is 1.98. The summed E-state index contributed by atoms with van der Waals surface area (Å²) in [6.45, 7) is 1.35. The summed E-state index contributed by atoms with van der Waals surface area (Å²) in [6, 6.07) is 4.21. The number of hydrogen-bond acceptors (Lipinski definition) is 2. The third-order valence-corrected chi connectivity index (χ3v) is 4.66. The summed E-state index contributed by atoms with van der Waals surface area (Å²) < 4.78 is 13.7. The molecule has 114 valence electrons. The van der Waals surface area contributed by atoms with E-state index < -0.39 is 0 Å². The topological polar surface area (TPSA) is 63.4 Å². The van der Waals surface area contributed by atoms with E-state index in [4.69, 9.17) is 5.73 Å². The Morgan fingerprint density at radius 3 is 2.86 bits per heavy atom. The lowest BCUT2D eigenvalue weighted by molar-refractivity contribution is -0.118. The fourth-order valence-electron chi connectivity index (χ4n) is 2.66. The maximum atomic E-state index is 13.1. The SMILES string of the molecule is NC(=O)CC[C@@H]1CCCN(C(=O)c2ccc(F)cc2I)C1. The Balaban J connectivity index is 2.03. The largest absolute Gasteiger partial charge is 0.370 e. The van der Waals surface area contributed by atoms with Gasteiger partial charge in [-0.1, -0.05) is 0 Å². The molecule has 4 nitrogen and oxygen atoms in total. The van der Waals surface area contributed by atoms with Crippen molar-refractivity contribution in [3.8, 4) is 0 Å². The number of halogens is 2. The molecule has 1 heterocycles. The number of nitrogens with zero attached hydrogens (tertiary/aromatic N) is 1. The van der Waals surface area contributed by atoms with Crippen molar-refractivity contribution in [3.63, 3.8) is 0 Å². The van der Waals surface area contributed by atoms with E-state index in [1.54, 1.807) is 4.90 Å². The third kappa shape index (κ3) is 4.39. The Bertz CT molecular complexity index is 550. The number of likely N-dealkylation sites (tertiary alicyclic amines) is 1. The summed E-state index contributed by atoms with van der Waals surface area (Å²) in [6.07, 6.45) is 3.02. The van der Waals surface area contributed by atoms with Crippen LogP contribution in [-0.2, 0) is 4.79 Å². The highest BCUT2D eigenvalue weighted by atomic mass is 127. The standard InChI is InChI=1S/C15H18FIN2O2/c16-11-4-5-12(13(17)8-11)15(21)19-7-1-2-10(9-19)3-6-14(18)20/h4-5,8,10H,1-3,6-7,9H2,(H2,18,20)/t10-/m0/s1. The smallest absolute Gasteiger partial charge is 0.254 e. The van der Waals surface area contributed by atoms with Crippen LogP contribution in [0.4, 0.5) is 4.39 Å². The number of primary amides is 1. The van der Waals surface area contributed by atoms with Crippen LogP contribution < -0.4 is 5.73 Å². The molecule has 6 heteroatoms. The molecule has 1 fully saturated rings. The quantitative estimate of drug-likeness (QED) is 0.785. The molecule has 1 saturated heterocycles. The molecular weight excluding hydrogens is 386 g/mol. The molecule has 0 bridgehead atoms. The van der Waals surface area contributed by atoms with Crippen molar-refractivity contribution in [3.05, 3.63) is 33.1 Å². The number of hydrogen-bond donors (Lipinski definition) is 1. The molecule has 0 spiro atoms. The van der Waals surface area contributed by atoms with Gasteiger partial charge in [-0.3, -0.25) is 9.59 Å². The lowest BCUT2D eigenvalue weighted by Gasteiger charge is -2.33. The molecule has 1 aliphatic rings. The summed E-state index contributed by atoms with van der Waals surface area (Å²) in [7, 11) is 0. The maximum Gasteiger partial charge on any atom is 0.254 e. The lowest BCUT2D eigenvalue weighted by atomic mass is 9.93. The highest BCUT2D eigenvalue weighted by Crippen LogP contribution is 2.24. The zero-order valence-corrected chi connectivity index (χ0v) is 13.8. The number of carbonyl (C=O) groups is 2. The molecule has 2 N–H and O–H groups in total. The summed E-state index contributed by atoms with van der Waals surface area (Å²) in [5, 5.41) is 0. The minimum absolute atomic E-state index is 0.0665. The Morgan fingerprint density at radius 1 is 1.43 bits per heavy atom. The van der Waals surface area contributed by atoms with Gasteiger partial charge < -0.3 is 10.6 Å². The van der Waals surface area contributed by atoms with Crippen LogP contribution in [0.2, 0.25) is 0 Å². The first-order chi connectivity index (χ1) is 9.97. The van der Waals surface area contributed by atoms with Crippen LogP contribution in [0.15, 0.2) is 18.2 Å². The van der Waals surface area contributed by atoms with Crippen molar-refractivity contribution in [2.24, 2.45) is 11.7 Å². The molecule has 1 atom stereocenters. The van der Waals surface area contributed by atoms with Gasteiger partial charge in [0.1, 0.15) is 5.82 Å². The van der Waals surface area contributed by atoms with Gasteiger partial charge in [0.05, 0.1) is 5.56 Å². The Morgan fingerprint density at radius 2 is 2.19 bits per heavy atom. The van der Waals surface area contributed by atoms with Crippen LogP contribution in [0.25, 0.3) is 0 Å². The number of rotatable bonds is 4. The number of piperidine rings is 1. The highest BCUT2D eigenvalue weighted by Gasteiger charge is 2.25. The molecule has 1 aliphatic heterocycles. The first-order valence-electron chi connectivity index (χ1n) is 7.00. The van der Waals surface area contributed by atoms with Gasteiger partial charge in [-0.25, -0.2) is 4.39 Å². The molecule has 2 rings (SSSR count). The normalized spacial score (nSPS) is 18.6. The van der Waals surface area contributed by atoms with Crippen molar-refractivity contribution >= 4 is 34.4 Å². The van der Waals surface area contributed by atoms with Crippen LogP contribution in [-0.4, -0.2) is 29.8 Å². The number of nitrogens with two attached hydrogens (primary N) is 1. The van der Waals surface area contributed by atoms with Gasteiger partial charge >= 0.3 is 0 Å². The van der Waals surface area contributed by atoms with Gasteiger partial charge in [-0.15, -0.1) is 0 Å². The summed E-state index contributed by atoms with van der Waals surface area (Å²) in [4.78, 5) is 25.2. The number of benzene rings is 1. The molecule has 0 aromatic heterocycles. The summed E-state index contributed by atoms with van der Waals surface area (Å²) in [5.41, 5.74) is 5.71. The van der Waals surface area contributed by atoms with Crippen LogP contribution in [0.5, 0.6) is 0 Å². The molecule has 0 unspecified atom stereocenters. The van der Waals surface area contributed by atoms with Crippen molar-refractivity contribution in [1.29, 1.82) is 0 Å². The predicted octanol–water partition coefficient (Wildman–Crippen LogP) is 2.55. The van der Waals surface area contributed by atoms with E-state index in [-0.39, 0.29) is 17.6 Å². The van der Waals surface area contributed by atoms with Gasteiger partial charge in [-0.2, -0.15) is 0 Å². The minimum Gasteiger partial charge on any atom is -0.370 e.